The Labute approximate surface area is 180 Å². The van der Waals surface area contributed by atoms with Gasteiger partial charge >= 0.3 is 5.97 Å². The largest absolute Gasteiger partial charge is 0.456 e. The molecule has 1 aromatic heterocycles. The Morgan fingerprint density at radius 1 is 1.10 bits per heavy atom. The van der Waals surface area contributed by atoms with E-state index in [1.165, 1.54) is 6.07 Å². The van der Waals surface area contributed by atoms with Crippen LogP contribution in [0.2, 0.25) is 5.02 Å². The lowest BCUT2D eigenvalue weighted by atomic mass is 10.2. The second-order valence-electron chi connectivity index (χ2n) is 5.92. The summed E-state index contributed by atoms with van der Waals surface area (Å²) in [5.41, 5.74) is 1.15. The van der Waals surface area contributed by atoms with E-state index < -0.39 is 24.4 Å². The van der Waals surface area contributed by atoms with Gasteiger partial charge in [-0.1, -0.05) is 47.6 Å². The number of ether oxygens (including phenoxy) is 1. The van der Waals surface area contributed by atoms with Crippen LogP contribution in [0.4, 0.5) is 0 Å². The number of nitrogens with one attached hydrogen (secondary N) is 1. The van der Waals surface area contributed by atoms with E-state index in [1.54, 1.807) is 41.3 Å². The van der Waals surface area contributed by atoms with Crippen LogP contribution in [0.5, 0.6) is 0 Å². The second kappa shape index (κ2) is 10.4. The van der Waals surface area contributed by atoms with E-state index in [2.05, 4.69) is 10.3 Å². The number of nitrogens with zero attached hydrogens (tertiary/aromatic N) is 1. The third kappa shape index (κ3) is 6.28. The Kier molecular flexibility index (Phi) is 7.62. The number of thiazole rings is 1. The van der Waals surface area contributed by atoms with Crippen molar-refractivity contribution in [1.82, 2.24) is 10.3 Å². The zero-order chi connectivity index (χ0) is 20.6. The molecule has 0 unspecified atom stereocenters. The fourth-order valence-electron chi connectivity index (χ4n) is 2.38. The third-order valence-corrected chi connectivity index (χ3v) is 6.36. The maximum Gasteiger partial charge on any atom is 0.306 e. The summed E-state index contributed by atoms with van der Waals surface area (Å²) < 4.78 is 7.00. The van der Waals surface area contributed by atoms with Crippen molar-refractivity contribution in [3.8, 4) is 0 Å². The molecule has 0 aliphatic carbocycles. The van der Waals surface area contributed by atoms with Gasteiger partial charge in [0, 0.05) is 12.2 Å². The van der Waals surface area contributed by atoms with Gasteiger partial charge in [0.15, 0.2) is 10.9 Å². The number of carbonyl (C=O) groups is 3. The molecule has 0 saturated heterocycles. The molecule has 150 valence electrons. The molecule has 9 heteroatoms. The summed E-state index contributed by atoms with van der Waals surface area (Å²) in [5.74, 6) is -1.11. The van der Waals surface area contributed by atoms with Gasteiger partial charge < -0.3 is 4.74 Å². The normalized spacial score (nSPS) is 10.7. The minimum absolute atomic E-state index is 0.181. The lowest BCUT2D eigenvalue weighted by Crippen LogP contribution is -2.34. The number of halogens is 1. The predicted octanol–water partition coefficient (Wildman–Crippen LogP) is 4.32. The summed E-state index contributed by atoms with van der Waals surface area (Å²) in [6, 6.07) is 14.3. The number of benzene rings is 2. The first-order valence-electron chi connectivity index (χ1n) is 8.75. The molecule has 0 atom stereocenters. The molecule has 0 bridgehead atoms. The highest BCUT2D eigenvalue weighted by Gasteiger charge is 2.14. The lowest BCUT2D eigenvalue weighted by Gasteiger charge is -2.06. The molecule has 1 heterocycles. The number of hydrogen-bond acceptors (Lipinski definition) is 7. The Balaban J connectivity index is 1.33. The van der Waals surface area contributed by atoms with Gasteiger partial charge in [-0.05, 0) is 30.7 Å². The van der Waals surface area contributed by atoms with Crippen molar-refractivity contribution < 1.29 is 19.1 Å². The predicted molar refractivity (Wildman–Crippen MR) is 114 cm³/mol. The maximum absolute atomic E-state index is 12.0. The van der Waals surface area contributed by atoms with Crippen molar-refractivity contribution in [2.45, 2.75) is 17.2 Å². The molecule has 29 heavy (non-hydrogen) atoms. The van der Waals surface area contributed by atoms with E-state index in [1.807, 2.05) is 24.3 Å². The molecule has 0 aliphatic rings. The number of imide groups is 1. The third-order valence-electron chi connectivity index (χ3n) is 3.76. The number of thioether (sulfide) groups is 1. The van der Waals surface area contributed by atoms with Crippen LogP contribution >= 0.6 is 34.7 Å². The fourth-order valence-corrected chi connectivity index (χ4v) is 4.68. The Morgan fingerprint density at radius 3 is 2.66 bits per heavy atom. The highest BCUT2D eigenvalue weighted by atomic mass is 35.5. The minimum atomic E-state index is -0.702. The van der Waals surface area contributed by atoms with Crippen molar-refractivity contribution >= 4 is 62.7 Å². The molecule has 0 aliphatic heterocycles. The number of hydrogen-bond donors (Lipinski definition) is 1. The van der Waals surface area contributed by atoms with Crippen LogP contribution in [0.15, 0.2) is 52.9 Å². The van der Waals surface area contributed by atoms with E-state index >= 15 is 0 Å². The summed E-state index contributed by atoms with van der Waals surface area (Å²) >= 11 is 9.10. The van der Waals surface area contributed by atoms with E-state index in [-0.39, 0.29) is 17.0 Å². The van der Waals surface area contributed by atoms with Gasteiger partial charge in [0.05, 0.1) is 20.8 Å². The number of esters is 1. The molecule has 3 aromatic rings. The number of amides is 2. The summed E-state index contributed by atoms with van der Waals surface area (Å²) in [6.07, 6.45) is 0.781. The van der Waals surface area contributed by atoms with Crippen LogP contribution in [-0.4, -0.2) is 35.1 Å². The van der Waals surface area contributed by atoms with E-state index in [9.17, 15) is 14.4 Å². The first kappa shape index (κ1) is 21.3. The van der Waals surface area contributed by atoms with Gasteiger partial charge in [0.2, 0.25) is 0 Å². The molecule has 6 nitrogen and oxygen atoms in total. The first-order valence-corrected chi connectivity index (χ1v) is 10.9. The maximum atomic E-state index is 12.0. The zero-order valence-corrected chi connectivity index (χ0v) is 17.6. The van der Waals surface area contributed by atoms with Crippen LogP contribution < -0.4 is 5.32 Å². The van der Waals surface area contributed by atoms with Crippen LogP contribution in [0, 0.1) is 0 Å². The smallest absolute Gasteiger partial charge is 0.306 e. The van der Waals surface area contributed by atoms with E-state index in [4.69, 9.17) is 16.3 Å². The molecule has 0 fully saturated rings. The van der Waals surface area contributed by atoms with Gasteiger partial charge in [-0.25, -0.2) is 4.98 Å². The van der Waals surface area contributed by atoms with Gasteiger partial charge in [-0.2, -0.15) is 0 Å². The molecule has 0 spiro atoms. The molecule has 0 saturated carbocycles. The molecule has 1 N–H and O–H groups in total. The zero-order valence-electron chi connectivity index (χ0n) is 15.2. The molecular formula is C20H17ClN2O4S2. The Bertz CT molecular complexity index is 1010. The summed E-state index contributed by atoms with van der Waals surface area (Å²) in [5, 5.41) is 2.38. The Hall–Kier alpha value is -2.42. The Morgan fingerprint density at radius 2 is 1.86 bits per heavy atom. The van der Waals surface area contributed by atoms with Crippen molar-refractivity contribution in [3.05, 3.63) is 59.1 Å². The van der Waals surface area contributed by atoms with Crippen molar-refractivity contribution in [3.63, 3.8) is 0 Å². The number of carbonyl (C=O) groups excluding carboxylic acids is 3. The average molecular weight is 449 g/mol. The molecular weight excluding hydrogens is 432 g/mol. The van der Waals surface area contributed by atoms with Gasteiger partial charge in [-0.3, -0.25) is 19.7 Å². The summed E-state index contributed by atoms with van der Waals surface area (Å²) in [4.78, 5) is 40.0. The van der Waals surface area contributed by atoms with Gasteiger partial charge in [0.25, 0.3) is 11.8 Å². The molecule has 0 radical (unpaired) electrons. The van der Waals surface area contributed by atoms with Crippen LogP contribution in [0.3, 0.4) is 0 Å². The quantitative estimate of drug-likeness (QED) is 0.314. The van der Waals surface area contributed by atoms with Crippen LogP contribution in [0.1, 0.15) is 23.2 Å². The summed E-state index contributed by atoms with van der Waals surface area (Å²) in [6.45, 7) is -0.514. The van der Waals surface area contributed by atoms with Gasteiger partial charge in [-0.15, -0.1) is 11.3 Å². The van der Waals surface area contributed by atoms with Crippen LogP contribution in [-0.2, 0) is 14.3 Å². The summed E-state index contributed by atoms with van der Waals surface area (Å²) in [7, 11) is 0. The number of rotatable bonds is 8. The fraction of sp³-hybridized carbons (Fsp3) is 0.200. The lowest BCUT2D eigenvalue weighted by molar-refractivity contribution is -0.148. The number of fused-ring (bicyclic) bond motifs is 1. The number of para-hydroxylation sites is 1. The topological polar surface area (TPSA) is 85.4 Å². The molecule has 2 amide bonds. The van der Waals surface area contributed by atoms with Gasteiger partial charge in [0.1, 0.15) is 0 Å². The second-order valence-corrected chi connectivity index (χ2v) is 8.70. The SMILES string of the molecule is O=C(COC(=O)CCCSc1nc2ccccc2s1)NC(=O)c1ccccc1Cl. The minimum Gasteiger partial charge on any atom is -0.456 e. The van der Waals surface area contributed by atoms with Crippen molar-refractivity contribution in [1.29, 1.82) is 0 Å². The monoisotopic (exact) mass is 448 g/mol. The van der Waals surface area contributed by atoms with Crippen molar-refractivity contribution in [2.75, 3.05) is 12.4 Å². The van der Waals surface area contributed by atoms with E-state index in [0.29, 0.717) is 12.2 Å². The standard InChI is InChI=1S/C20H17ClN2O4S2/c21-14-7-2-1-6-13(14)19(26)23-17(24)12-27-18(25)10-5-11-28-20-22-15-8-3-4-9-16(15)29-20/h1-4,6-9H,5,10-12H2,(H,23,24,26). The first-order chi connectivity index (χ1) is 14.0. The average Bonchev–Trinajstić information content (AvgIpc) is 3.13. The van der Waals surface area contributed by atoms with Crippen LogP contribution in [0.25, 0.3) is 10.2 Å². The highest BCUT2D eigenvalue weighted by molar-refractivity contribution is 8.01. The van der Waals surface area contributed by atoms with E-state index in [0.717, 1.165) is 14.6 Å². The van der Waals surface area contributed by atoms with Crippen molar-refractivity contribution in [2.24, 2.45) is 0 Å². The molecule has 3 rings (SSSR count). The highest BCUT2D eigenvalue weighted by Crippen LogP contribution is 2.29. The number of aromatic nitrogens is 1. The molecule has 2 aromatic carbocycles.